The Balaban J connectivity index is 0.00000264. The molecule has 1 saturated heterocycles. The van der Waals surface area contributed by atoms with Crippen molar-refractivity contribution < 1.29 is 14.3 Å². The summed E-state index contributed by atoms with van der Waals surface area (Å²) in [6, 6.07) is 7.70. The maximum Gasteiger partial charge on any atom is 0.227 e. The van der Waals surface area contributed by atoms with Gasteiger partial charge in [0.2, 0.25) is 11.8 Å². The maximum absolute atomic E-state index is 11.8. The Morgan fingerprint density at radius 1 is 1.39 bits per heavy atom. The quantitative estimate of drug-likeness (QED) is 0.780. The summed E-state index contributed by atoms with van der Waals surface area (Å²) < 4.78 is 5.08. The smallest absolute Gasteiger partial charge is 0.227 e. The lowest BCUT2D eigenvalue weighted by Crippen LogP contribution is -2.31. The highest BCUT2D eigenvalue weighted by atomic mass is 35.5. The maximum atomic E-state index is 11.8. The van der Waals surface area contributed by atoms with E-state index in [0.29, 0.717) is 19.5 Å². The highest BCUT2D eigenvalue weighted by molar-refractivity contribution is 5.95. The molecule has 1 unspecified atom stereocenters. The van der Waals surface area contributed by atoms with Crippen LogP contribution < -0.4 is 16.0 Å². The Kier molecular flexibility index (Phi) is 8.02. The van der Waals surface area contributed by atoms with Gasteiger partial charge in [-0.25, -0.2) is 0 Å². The second kappa shape index (κ2) is 9.50. The molecule has 1 atom stereocenters. The van der Waals surface area contributed by atoms with Crippen LogP contribution in [0.2, 0.25) is 0 Å². The van der Waals surface area contributed by atoms with Crippen LogP contribution in [0.3, 0.4) is 0 Å². The Morgan fingerprint density at radius 2 is 2.09 bits per heavy atom. The van der Waals surface area contributed by atoms with Crippen LogP contribution in [0.15, 0.2) is 24.3 Å². The van der Waals surface area contributed by atoms with E-state index in [1.807, 2.05) is 24.3 Å². The van der Waals surface area contributed by atoms with Crippen molar-refractivity contribution >= 4 is 29.9 Å². The van der Waals surface area contributed by atoms with E-state index in [4.69, 9.17) is 10.5 Å². The molecule has 1 aromatic carbocycles. The molecule has 0 radical (unpaired) electrons. The lowest BCUT2D eigenvalue weighted by atomic mass is 10.2. The summed E-state index contributed by atoms with van der Waals surface area (Å²) >= 11 is 0. The molecule has 1 aliphatic rings. The monoisotopic (exact) mass is 341 g/mol. The highest BCUT2D eigenvalue weighted by Crippen LogP contribution is 2.21. The normalized spacial score (nSPS) is 15.2. The van der Waals surface area contributed by atoms with Crippen molar-refractivity contribution in [3.05, 3.63) is 29.8 Å². The van der Waals surface area contributed by atoms with Gasteiger partial charge in [-0.05, 0) is 24.1 Å². The molecule has 128 valence electrons. The van der Waals surface area contributed by atoms with E-state index in [-0.39, 0.29) is 36.7 Å². The van der Waals surface area contributed by atoms with Gasteiger partial charge in [-0.1, -0.05) is 12.1 Å². The number of nitrogens with zero attached hydrogens (tertiary/aromatic N) is 1. The average molecular weight is 342 g/mol. The zero-order valence-corrected chi connectivity index (χ0v) is 14.1. The van der Waals surface area contributed by atoms with Crippen LogP contribution in [0.5, 0.6) is 0 Å². The molecule has 23 heavy (non-hydrogen) atoms. The van der Waals surface area contributed by atoms with Crippen LogP contribution in [0.25, 0.3) is 0 Å². The molecule has 0 aromatic heterocycles. The Bertz CT molecular complexity index is 518. The van der Waals surface area contributed by atoms with Crippen LogP contribution >= 0.6 is 12.4 Å². The number of ether oxygens (including phenoxy) is 1. The minimum absolute atomic E-state index is 0. The van der Waals surface area contributed by atoms with E-state index >= 15 is 0 Å². The predicted molar refractivity (Wildman–Crippen MR) is 91.6 cm³/mol. The first-order valence-electron chi connectivity index (χ1n) is 7.53. The van der Waals surface area contributed by atoms with Gasteiger partial charge in [-0.3, -0.25) is 9.59 Å². The molecule has 6 nitrogen and oxygen atoms in total. The summed E-state index contributed by atoms with van der Waals surface area (Å²) in [7, 11) is 1.54. The first-order valence-corrected chi connectivity index (χ1v) is 7.53. The summed E-state index contributed by atoms with van der Waals surface area (Å²) in [5.41, 5.74) is 7.40. The molecule has 3 N–H and O–H groups in total. The zero-order valence-electron chi connectivity index (χ0n) is 13.3. The fourth-order valence-corrected chi connectivity index (χ4v) is 2.46. The van der Waals surface area contributed by atoms with Crippen molar-refractivity contribution in [1.82, 2.24) is 5.32 Å². The molecule has 2 amide bonds. The third kappa shape index (κ3) is 5.49. The van der Waals surface area contributed by atoms with Gasteiger partial charge in [0.1, 0.15) is 0 Å². The number of rotatable bonds is 7. The van der Waals surface area contributed by atoms with Gasteiger partial charge >= 0.3 is 0 Å². The zero-order chi connectivity index (χ0) is 15.9. The van der Waals surface area contributed by atoms with Crippen LogP contribution in [0, 0.1) is 0 Å². The van der Waals surface area contributed by atoms with Crippen LogP contribution in [0.4, 0.5) is 5.69 Å². The molecule has 0 spiro atoms. The molecule has 0 bridgehead atoms. The second-order valence-corrected chi connectivity index (χ2v) is 5.39. The van der Waals surface area contributed by atoms with Gasteiger partial charge in [0, 0.05) is 38.9 Å². The van der Waals surface area contributed by atoms with Gasteiger partial charge in [0.25, 0.3) is 0 Å². The van der Waals surface area contributed by atoms with Crippen molar-refractivity contribution in [2.75, 3.05) is 25.1 Å². The number of methoxy groups -OCH3 is 1. The summed E-state index contributed by atoms with van der Waals surface area (Å²) in [5.74, 6) is 0.0875. The predicted octanol–water partition coefficient (Wildman–Crippen LogP) is 1.22. The summed E-state index contributed by atoms with van der Waals surface area (Å²) in [5, 5.41) is 2.84. The Hall–Kier alpha value is -1.63. The van der Waals surface area contributed by atoms with E-state index in [1.165, 1.54) is 0 Å². The number of hydrogen-bond acceptors (Lipinski definition) is 4. The number of anilines is 1. The number of nitrogens with two attached hydrogens (primary N) is 1. The van der Waals surface area contributed by atoms with Crippen LogP contribution in [-0.4, -0.2) is 38.1 Å². The molecule has 1 aliphatic heterocycles. The number of benzene rings is 1. The van der Waals surface area contributed by atoms with Gasteiger partial charge in [0.05, 0.1) is 12.5 Å². The van der Waals surface area contributed by atoms with Crippen molar-refractivity contribution in [1.29, 1.82) is 0 Å². The summed E-state index contributed by atoms with van der Waals surface area (Å²) in [6.45, 7) is 1.56. The first kappa shape index (κ1) is 19.4. The number of amides is 2. The minimum atomic E-state index is -0.247. The Morgan fingerprint density at radius 3 is 2.61 bits per heavy atom. The standard InChI is InChI=1S/C16H23N3O3.ClH/c1-22-14(10-17)9-15(20)18-11-12-4-6-13(7-5-12)19-8-2-3-16(19)21;/h4-7,14H,2-3,8-11,17H2,1H3,(H,18,20);1H. The molecule has 1 fully saturated rings. The highest BCUT2D eigenvalue weighted by Gasteiger charge is 2.21. The fourth-order valence-electron chi connectivity index (χ4n) is 2.46. The number of nitrogens with one attached hydrogen (secondary N) is 1. The number of carbonyl (C=O) groups excluding carboxylic acids is 2. The largest absolute Gasteiger partial charge is 0.380 e. The van der Waals surface area contributed by atoms with Crippen LogP contribution in [0.1, 0.15) is 24.8 Å². The van der Waals surface area contributed by atoms with Crippen LogP contribution in [-0.2, 0) is 20.9 Å². The number of hydrogen-bond donors (Lipinski definition) is 2. The SMILES string of the molecule is COC(CN)CC(=O)NCc1ccc(N2CCCC2=O)cc1.Cl. The van der Waals surface area contributed by atoms with Crippen molar-refractivity contribution in [2.24, 2.45) is 5.73 Å². The molecular weight excluding hydrogens is 318 g/mol. The van der Waals surface area contributed by atoms with E-state index in [1.54, 1.807) is 12.0 Å². The molecule has 1 aromatic rings. The van der Waals surface area contributed by atoms with E-state index in [2.05, 4.69) is 5.32 Å². The van der Waals surface area contributed by atoms with Crippen molar-refractivity contribution in [2.45, 2.75) is 31.9 Å². The lowest BCUT2D eigenvalue weighted by Gasteiger charge is -2.16. The topological polar surface area (TPSA) is 84.7 Å². The molecular formula is C16H24ClN3O3. The average Bonchev–Trinajstić information content (AvgIpc) is 2.97. The number of carbonyl (C=O) groups is 2. The summed E-state index contributed by atoms with van der Waals surface area (Å²) in [6.07, 6.45) is 1.55. The van der Waals surface area contributed by atoms with Gasteiger partial charge in [0.15, 0.2) is 0 Å². The molecule has 1 heterocycles. The van der Waals surface area contributed by atoms with E-state index in [0.717, 1.165) is 24.2 Å². The fraction of sp³-hybridized carbons (Fsp3) is 0.500. The third-order valence-corrected chi connectivity index (χ3v) is 3.82. The first-order chi connectivity index (χ1) is 10.6. The molecule has 0 aliphatic carbocycles. The van der Waals surface area contributed by atoms with Crippen molar-refractivity contribution in [3.63, 3.8) is 0 Å². The number of halogens is 1. The summed E-state index contributed by atoms with van der Waals surface area (Å²) in [4.78, 5) is 25.2. The molecule has 2 rings (SSSR count). The van der Waals surface area contributed by atoms with Gasteiger partial charge in [-0.15, -0.1) is 12.4 Å². The third-order valence-electron chi connectivity index (χ3n) is 3.82. The minimum Gasteiger partial charge on any atom is -0.380 e. The Labute approximate surface area is 142 Å². The van der Waals surface area contributed by atoms with E-state index < -0.39 is 0 Å². The second-order valence-electron chi connectivity index (χ2n) is 5.39. The molecule has 0 saturated carbocycles. The van der Waals surface area contributed by atoms with Gasteiger partial charge in [-0.2, -0.15) is 0 Å². The van der Waals surface area contributed by atoms with Crippen molar-refractivity contribution in [3.8, 4) is 0 Å². The van der Waals surface area contributed by atoms with Gasteiger partial charge < -0.3 is 20.7 Å². The molecule has 7 heteroatoms. The van der Waals surface area contributed by atoms with E-state index in [9.17, 15) is 9.59 Å². The lowest BCUT2D eigenvalue weighted by molar-refractivity contribution is -0.123.